The van der Waals surface area contributed by atoms with Crippen LogP contribution in [-0.4, -0.2) is 14.5 Å². The third kappa shape index (κ3) is 2.19. The first-order chi connectivity index (χ1) is 7.68. The second kappa shape index (κ2) is 4.57. The second-order valence-corrected chi connectivity index (χ2v) is 4.25. The molecule has 0 unspecified atom stereocenters. The number of aryl methyl sites for hydroxylation is 1. The van der Waals surface area contributed by atoms with Crippen molar-refractivity contribution in [2.45, 2.75) is 13.5 Å². The van der Waals surface area contributed by atoms with Gasteiger partial charge in [0.2, 0.25) is 0 Å². The fraction of sp³-hybridized carbons (Fsp3) is 0.182. The molecule has 0 fully saturated rings. The van der Waals surface area contributed by atoms with Crippen molar-refractivity contribution in [2.75, 3.05) is 0 Å². The standard InChI is InChI=1S/C11H10BrN3O/c1-8-14-6-10(12)11(16)15(8)7-9-2-4-13-5-3-9/h2-6H,7H2,1H3. The predicted octanol–water partition coefficient (Wildman–Crippen LogP) is 1.76. The molecule has 0 spiro atoms. The molecule has 5 heteroatoms. The molecule has 0 N–H and O–H groups in total. The first-order valence-electron chi connectivity index (χ1n) is 4.79. The fourth-order valence-corrected chi connectivity index (χ4v) is 1.72. The van der Waals surface area contributed by atoms with Gasteiger partial charge in [-0.25, -0.2) is 4.98 Å². The minimum absolute atomic E-state index is 0.0655. The van der Waals surface area contributed by atoms with Gasteiger partial charge in [0.1, 0.15) is 10.3 Å². The van der Waals surface area contributed by atoms with E-state index >= 15 is 0 Å². The number of rotatable bonds is 2. The molecule has 0 aliphatic rings. The van der Waals surface area contributed by atoms with Gasteiger partial charge in [0, 0.05) is 18.6 Å². The first kappa shape index (κ1) is 11.0. The zero-order valence-corrected chi connectivity index (χ0v) is 10.3. The summed E-state index contributed by atoms with van der Waals surface area (Å²) in [6.45, 7) is 2.33. The highest BCUT2D eigenvalue weighted by molar-refractivity contribution is 9.10. The van der Waals surface area contributed by atoms with Gasteiger partial charge in [-0.2, -0.15) is 0 Å². The first-order valence-corrected chi connectivity index (χ1v) is 5.58. The lowest BCUT2D eigenvalue weighted by Gasteiger charge is -2.08. The number of nitrogens with zero attached hydrogens (tertiary/aromatic N) is 3. The van der Waals surface area contributed by atoms with Gasteiger partial charge >= 0.3 is 0 Å². The molecule has 0 radical (unpaired) electrons. The predicted molar refractivity (Wildman–Crippen MR) is 64.3 cm³/mol. The monoisotopic (exact) mass is 279 g/mol. The van der Waals surface area contributed by atoms with Crippen LogP contribution in [0.3, 0.4) is 0 Å². The van der Waals surface area contributed by atoms with Crippen LogP contribution >= 0.6 is 15.9 Å². The topological polar surface area (TPSA) is 47.8 Å². The Labute approximate surface area is 101 Å². The number of pyridine rings is 1. The molecule has 2 aromatic rings. The lowest BCUT2D eigenvalue weighted by molar-refractivity contribution is 0.695. The van der Waals surface area contributed by atoms with Crippen molar-refractivity contribution >= 4 is 15.9 Å². The third-order valence-electron chi connectivity index (χ3n) is 2.29. The average molecular weight is 280 g/mol. The lowest BCUT2D eigenvalue weighted by atomic mass is 10.2. The van der Waals surface area contributed by atoms with E-state index in [1.807, 2.05) is 19.1 Å². The van der Waals surface area contributed by atoms with E-state index in [-0.39, 0.29) is 5.56 Å². The largest absolute Gasteiger partial charge is 0.291 e. The molecule has 4 nitrogen and oxygen atoms in total. The van der Waals surface area contributed by atoms with Gasteiger partial charge in [-0.15, -0.1) is 0 Å². The van der Waals surface area contributed by atoms with Crippen molar-refractivity contribution in [3.05, 3.63) is 56.9 Å². The molecule has 82 valence electrons. The van der Waals surface area contributed by atoms with Gasteiger partial charge in [-0.3, -0.25) is 14.3 Å². The van der Waals surface area contributed by atoms with Crippen LogP contribution < -0.4 is 5.56 Å². The van der Waals surface area contributed by atoms with E-state index in [2.05, 4.69) is 25.9 Å². The summed E-state index contributed by atoms with van der Waals surface area (Å²) in [5, 5.41) is 0. The van der Waals surface area contributed by atoms with Gasteiger partial charge in [-0.1, -0.05) is 0 Å². The molecule has 16 heavy (non-hydrogen) atoms. The fourth-order valence-electron chi connectivity index (χ4n) is 1.41. The summed E-state index contributed by atoms with van der Waals surface area (Å²) < 4.78 is 2.10. The zero-order chi connectivity index (χ0) is 11.5. The highest BCUT2D eigenvalue weighted by atomic mass is 79.9. The van der Waals surface area contributed by atoms with E-state index < -0.39 is 0 Å². The van der Waals surface area contributed by atoms with Crippen LogP contribution in [0.2, 0.25) is 0 Å². The Hall–Kier alpha value is -1.49. The molecule has 2 rings (SSSR count). The summed E-state index contributed by atoms with van der Waals surface area (Å²) in [6.07, 6.45) is 4.95. The molecule has 0 amide bonds. The summed E-state index contributed by atoms with van der Waals surface area (Å²) in [4.78, 5) is 19.9. The van der Waals surface area contributed by atoms with Crippen molar-refractivity contribution in [1.29, 1.82) is 0 Å². The summed E-state index contributed by atoms with van der Waals surface area (Å²) in [6, 6.07) is 3.76. The Morgan fingerprint density at radius 1 is 1.38 bits per heavy atom. The van der Waals surface area contributed by atoms with Gasteiger partial charge in [0.15, 0.2) is 0 Å². The Balaban J connectivity index is 2.43. The van der Waals surface area contributed by atoms with E-state index in [0.717, 1.165) is 5.56 Å². The SMILES string of the molecule is Cc1ncc(Br)c(=O)n1Cc1ccncc1. The van der Waals surface area contributed by atoms with Gasteiger partial charge in [0.05, 0.1) is 6.54 Å². The van der Waals surface area contributed by atoms with Gasteiger partial charge in [0.25, 0.3) is 5.56 Å². The second-order valence-electron chi connectivity index (χ2n) is 3.40. The minimum atomic E-state index is -0.0655. The smallest absolute Gasteiger partial charge is 0.268 e. The summed E-state index contributed by atoms with van der Waals surface area (Å²) in [5.74, 6) is 0.699. The molecule has 0 saturated carbocycles. The maximum Gasteiger partial charge on any atom is 0.268 e. The Morgan fingerprint density at radius 3 is 2.75 bits per heavy atom. The third-order valence-corrected chi connectivity index (χ3v) is 2.84. The Morgan fingerprint density at radius 2 is 2.06 bits per heavy atom. The normalized spacial score (nSPS) is 10.4. The van der Waals surface area contributed by atoms with E-state index in [4.69, 9.17) is 0 Å². The van der Waals surface area contributed by atoms with Crippen molar-refractivity contribution in [2.24, 2.45) is 0 Å². The zero-order valence-electron chi connectivity index (χ0n) is 8.72. The van der Waals surface area contributed by atoms with Crippen LogP contribution in [0.1, 0.15) is 11.4 Å². The summed E-state index contributed by atoms with van der Waals surface area (Å²) in [7, 11) is 0. The molecule has 2 heterocycles. The maximum atomic E-state index is 11.9. The molecule has 0 bridgehead atoms. The molecule has 0 atom stereocenters. The van der Waals surface area contributed by atoms with Crippen LogP contribution in [-0.2, 0) is 6.54 Å². The number of hydrogen-bond acceptors (Lipinski definition) is 3. The molecular formula is C11H10BrN3O. The van der Waals surface area contributed by atoms with Crippen LogP contribution in [0.4, 0.5) is 0 Å². The van der Waals surface area contributed by atoms with Crippen LogP contribution in [0.5, 0.6) is 0 Å². The Kier molecular flexibility index (Phi) is 3.14. The maximum absolute atomic E-state index is 11.9. The number of halogens is 1. The van der Waals surface area contributed by atoms with Crippen molar-refractivity contribution < 1.29 is 0 Å². The quantitative estimate of drug-likeness (QED) is 0.842. The van der Waals surface area contributed by atoms with E-state index in [1.54, 1.807) is 17.0 Å². The van der Waals surface area contributed by atoms with Crippen molar-refractivity contribution in [3.8, 4) is 0 Å². The van der Waals surface area contributed by atoms with Gasteiger partial charge in [-0.05, 0) is 40.5 Å². The highest BCUT2D eigenvalue weighted by Crippen LogP contribution is 2.04. The van der Waals surface area contributed by atoms with Crippen LogP contribution in [0.15, 0.2) is 40.0 Å². The molecule has 0 aromatic carbocycles. The number of aromatic nitrogens is 3. The molecule has 0 aliphatic carbocycles. The summed E-state index contributed by atoms with van der Waals surface area (Å²) >= 11 is 3.19. The average Bonchev–Trinajstić information content (AvgIpc) is 2.31. The molecule has 0 aliphatic heterocycles. The van der Waals surface area contributed by atoms with Gasteiger partial charge < -0.3 is 0 Å². The highest BCUT2D eigenvalue weighted by Gasteiger charge is 2.05. The molecule has 0 saturated heterocycles. The van der Waals surface area contributed by atoms with Crippen LogP contribution in [0, 0.1) is 6.92 Å². The molecule has 2 aromatic heterocycles. The Bertz CT molecular complexity index is 551. The van der Waals surface area contributed by atoms with E-state index in [1.165, 1.54) is 6.20 Å². The molecular weight excluding hydrogens is 270 g/mol. The van der Waals surface area contributed by atoms with Crippen molar-refractivity contribution in [3.63, 3.8) is 0 Å². The van der Waals surface area contributed by atoms with E-state index in [9.17, 15) is 4.79 Å². The van der Waals surface area contributed by atoms with E-state index in [0.29, 0.717) is 16.8 Å². The summed E-state index contributed by atoms with van der Waals surface area (Å²) in [5.41, 5.74) is 0.962. The number of hydrogen-bond donors (Lipinski definition) is 0. The minimum Gasteiger partial charge on any atom is -0.291 e. The van der Waals surface area contributed by atoms with Crippen molar-refractivity contribution in [1.82, 2.24) is 14.5 Å². The lowest BCUT2D eigenvalue weighted by Crippen LogP contribution is -2.24. The van der Waals surface area contributed by atoms with Crippen LogP contribution in [0.25, 0.3) is 0 Å².